The molecule has 0 bridgehead atoms. The van der Waals surface area contributed by atoms with E-state index in [1.165, 1.54) is 12.1 Å². The minimum atomic E-state index is -0.228. The van der Waals surface area contributed by atoms with Gasteiger partial charge in [0.2, 0.25) is 0 Å². The third kappa shape index (κ3) is 5.17. The molecular formula is C15H25FN2O. The van der Waals surface area contributed by atoms with Crippen molar-refractivity contribution in [2.24, 2.45) is 11.8 Å². The number of hydrogen-bond acceptors (Lipinski definition) is 3. The highest BCUT2D eigenvalue weighted by molar-refractivity contribution is 5.33. The average molecular weight is 268 g/mol. The van der Waals surface area contributed by atoms with E-state index in [2.05, 4.69) is 24.5 Å². The molecule has 0 saturated heterocycles. The molecule has 0 saturated carbocycles. The first-order valence-corrected chi connectivity index (χ1v) is 6.76. The quantitative estimate of drug-likeness (QED) is 0.759. The van der Waals surface area contributed by atoms with Gasteiger partial charge in [-0.2, -0.15) is 0 Å². The van der Waals surface area contributed by atoms with Crippen LogP contribution in [0.5, 0.6) is 5.75 Å². The lowest BCUT2D eigenvalue weighted by Gasteiger charge is -2.21. The summed E-state index contributed by atoms with van der Waals surface area (Å²) in [6.07, 6.45) is 0. The van der Waals surface area contributed by atoms with Crippen LogP contribution in [0.15, 0.2) is 18.2 Å². The summed E-state index contributed by atoms with van der Waals surface area (Å²) in [6.45, 7) is 6.93. The highest BCUT2D eigenvalue weighted by Gasteiger charge is 2.12. The van der Waals surface area contributed by atoms with Gasteiger partial charge in [-0.15, -0.1) is 0 Å². The van der Waals surface area contributed by atoms with Gasteiger partial charge in [0, 0.05) is 12.1 Å². The molecule has 3 nitrogen and oxygen atoms in total. The SMILES string of the molecule is CNCC(CNCc1cc(F)ccc1OC)C(C)C. The molecule has 0 spiro atoms. The second-order valence-corrected chi connectivity index (χ2v) is 5.15. The molecule has 1 rings (SSSR count). The van der Waals surface area contributed by atoms with Crippen molar-refractivity contribution in [3.05, 3.63) is 29.6 Å². The van der Waals surface area contributed by atoms with E-state index in [0.29, 0.717) is 18.4 Å². The molecule has 4 heteroatoms. The van der Waals surface area contributed by atoms with Crippen molar-refractivity contribution < 1.29 is 9.13 Å². The first-order valence-electron chi connectivity index (χ1n) is 6.76. The van der Waals surface area contributed by atoms with E-state index in [1.54, 1.807) is 13.2 Å². The van der Waals surface area contributed by atoms with Crippen LogP contribution >= 0.6 is 0 Å². The maximum absolute atomic E-state index is 13.2. The Balaban J connectivity index is 2.54. The standard InChI is InChI=1S/C15H25FN2O/c1-11(2)13(8-17-3)10-18-9-12-7-14(16)5-6-15(12)19-4/h5-7,11,13,17-18H,8-10H2,1-4H3. The lowest BCUT2D eigenvalue weighted by Crippen LogP contribution is -2.33. The summed E-state index contributed by atoms with van der Waals surface area (Å²) in [4.78, 5) is 0. The minimum absolute atomic E-state index is 0.228. The van der Waals surface area contributed by atoms with Crippen molar-refractivity contribution in [1.82, 2.24) is 10.6 Å². The minimum Gasteiger partial charge on any atom is -0.496 e. The van der Waals surface area contributed by atoms with E-state index in [-0.39, 0.29) is 5.82 Å². The zero-order chi connectivity index (χ0) is 14.3. The second kappa shape index (κ2) is 8.12. The van der Waals surface area contributed by atoms with Gasteiger partial charge in [0.15, 0.2) is 0 Å². The Bertz CT molecular complexity index is 382. The fourth-order valence-electron chi connectivity index (χ4n) is 2.08. The lowest BCUT2D eigenvalue weighted by atomic mass is 9.95. The molecule has 0 amide bonds. The van der Waals surface area contributed by atoms with Gasteiger partial charge in [-0.1, -0.05) is 13.8 Å². The Hall–Kier alpha value is -1.13. The number of ether oxygens (including phenoxy) is 1. The van der Waals surface area contributed by atoms with E-state index >= 15 is 0 Å². The van der Waals surface area contributed by atoms with Crippen molar-refractivity contribution >= 4 is 0 Å². The number of nitrogens with one attached hydrogen (secondary N) is 2. The summed E-state index contributed by atoms with van der Waals surface area (Å²) in [7, 11) is 3.57. The Labute approximate surface area is 115 Å². The second-order valence-electron chi connectivity index (χ2n) is 5.15. The molecule has 0 aliphatic heterocycles. The Kier molecular flexibility index (Phi) is 6.81. The average Bonchev–Trinajstić information content (AvgIpc) is 2.38. The topological polar surface area (TPSA) is 33.3 Å². The van der Waals surface area contributed by atoms with Crippen LogP contribution in [0.2, 0.25) is 0 Å². The summed E-state index contributed by atoms with van der Waals surface area (Å²) < 4.78 is 18.5. The van der Waals surface area contributed by atoms with Crippen molar-refractivity contribution in [3.63, 3.8) is 0 Å². The Morgan fingerprint density at radius 2 is 2.00 bits per heavy atom. The van der Waals surface area contributed by atoms with Crippen LogP contribution in [0.1, 0.15) is 19.4 Å². The van der Waals surface area contributed by atoms with Crippen LogP contribution in [0.25, 0.3) is 0 Å². The molecule has 0 heterocycles. The summed E-state index contributed by atoms with van der Waals surface area (Å²) in [5.41, 5.74) is 0.856. The molecule has 0 fully saturated rings. The van der Waals surface area contributed by atoms with E-state index in [0.717, 1.165) is 24.4 Å². The monoisotopic (exact) mass is 268 g/mol. The predicted octanol–water partition coefficient (Wildman–Crippen LogP) is 2.42. The van der Waals surface area contributed by atoms with Crippen LogP contribution in [-0.4, -0.2) is 27.2 Å². The molecule has 0 aromatic heterocycles. The number of halogens is 1. The van der Waals surface area contributed by atoms with Crippen molar-refractivity contribution in [3.8, 4) is 5.75 Å². The van der Waals surface area contributed by atoms with Gasteiger partial charge in [-0.3, -0.25) is 0 Å². The number of benzene rings is 1. The van der Waals surface area contributed by atoms with Gasteiger partial charge in [-0.05, 0) is 50.2 Å². The smallest absolute Gasteiger partial charge is 0.123 e. The number of hydrogen-bond donors (Lipinski definition) is 2. The van der Waals surface area contributed by atoms with E-state index in [4.69, 9.17) is 4.74 Å². The fourth-order valence-corrected chi connectivity index (χ4v) is 2.08. The molecule has 1 aromatic rings. The molecule has 1 aromatic carbocycles. The van der Waals surface area contributed by atoms with Crippen LogP contribution in [0, 0.1) is 17.7 Å². The molecule has 19 heavy (non-hydrogen) atoms. The maximum atomic E-state index is 13.2. The Morgan fingerprint density at radius 1 is 1.26 bits per heavy atom. The molecule has 0 aliphatic rings. The third-order valence-corrected chi connectivity index (χ3v) is 3.37. The first kappa shape index (κ1) is 15.9. The lowest BCUT2D eigenvalue weighted by molar-refractivity contribution is 0.349. The Morgan fingerprint density at radius 3 is 2.58 bits per heavy atom. The first-order chi connectivity index (χ1) is 9.08. The normalized spacial score (nSPS) is 12.7. The fraction of sp³-hybridized carbons (Fsp3) is 0.600. The molecule has 0 radical (unpaired) electrons. The summed E-state index contributed by atoms with van der Waals surface area (Å²) in [5, 5.41) is 6.59. The van der Waals surface area contributed by atoms with Crippen LogP contribution in [-0.2, 0) is 6.54 Å². The van der Waals surface area contributed by atoms with E-state index < -0.39 is 0 Å². The molecular weight excluding hydrogens is 243 g/mol. The highest BCUT2D eigenvalue weighted by atomic mass is 19.1. The summed E-state index contributed by atoms with van der Waals surface area (Å²) in [5.74, 6) is 1.66. The van der Waals surface area contributed by atoms with Crippen molar-refractivity contribution in [2.75, 3.05) is 27.2 Å². The molecule has 108 valence electrons. The molecule has 2 N–H and O–H groups in total. The van der Waals surface area contributed by atoms with Crippen LogP contribution in [0.4, 0.5) is 4.39 Å². The van der Waals surface area contributed by atoms with Crippen molar-refractivity contribution in [2.45, 2.75) is 20.4 Å². The predicted molar refractivity (Wildman–Crippen MR) is 76.9 cm³/mol. The van der Waals surface area contributed by atoms with E-state index in [9.17, 15) is 4.39 Å². The molecule has 0 aliphatic carbocycles. The van der Waals surface area contributed by atoms with Gasteiger partial charge in [0.25, 0.3) is 0 Å². The zero-order valence-electron chi connectivity index (χ0n) is 12.3. The van der Waals surface area contributed by atoms with Gasteiger partial charge >= 0.3 is 0 Å². The molecule has 1 unspecified atom stereocenters. The van der Waals surface area contributed by atoms with Gasteiger partial charge < -0.3 is 15.4 Å². The zero-order valence-corrected chi connectivity index (χ0v) is 12.3. The van der Waals surface area contributed by atoms with Crippen LogP contribution in [0.3, 0.4) is 0 Å². The highest BCUT2D eigenvalue weighted by Crippen LogP contribution is 2.19. The van der Waals surface area contributed by atoms with Gasteiger partial charge in [-0.25, -0.2) is 4.39 Å². The third-order valence-electron chi connectivity index (χ3n) is 3.37. The number of rotatable bonds is 8. The number of methoxy groups -OCH3 is 1. The van der Waals surface area contributed by atoms with Crippen molar-refractivity contribution in [1.29, 1.82) is 0 Å². The maximum Gasteiger partial charge on any atom is 0.123 e. The summed E-state index contributed by atoms with van der Waals surface area (Å²) >= 11 is 0. The van der Waals surface area contributed by atoms with E-state index in [1.807, 2.05) is 7.05 Å². The molecule has 1 atom stereocenters. The van der Waals surface area contributed by atoms with Gasteiger partial charge in [0.05, 0.1) is 7.11 Å². The largest absolute Gasteiger partial charge is 0.496 e. The van der Waals surface area contributed by atoms with Crippen LogP contribution < -0.4 is 15.4 Å². The van der Waals surface area contributed by atoms with Gasteiger partial charge in [0.1, 0.15) is 11.6 Å². The summed E-state index contributed by atoms with van der Waals surface area (Å²) in [6, 6.07) is 4.61.